The van der Waals surface area contributed by atoms with Crippen LogP contribution in [0.25, 0.3) is 0 Å². The minimum Gasteiger partial charge on any atom is -0.368 e. The molecule has 6 heteroatoms. The molecular weight excluding hydrogens is 270 g/mol. The van der Waals surface area contributed by atoms with Crippen molar-refractivity contribution in [3.8, 4) is 0 Å². The number of hydrogen-bond acceptors (Lipinski definition) is 4. The Hall–Kier alpha value is -1.14. The van der Waals surface area contributed by atoms with E-state index in [0.29, 0.717) is 38.7 Å². The second-order valence-electron chi connectivity index (χ2n) is 6.68. The van der Waals surface area contributed by atoms with E-state index in [2.05, 4.69) is 0 Å². The van der Waals surface area contributed by atoms with Gasteiger partial charge in [-0.05, 0) is 38.5 Å². The van der Waals surface area contributed by atoms with Crippen LogP contribution in [-0.2, 0) is 14.3 Å². The molecule has 0 aromatic rings. The van der Waals surface area contributed by atoms with E-state index in [-0.39, 0.29) is 17.9 Å². The summed E-state index contributed by atoms with van der Waals surface area (Å²) in [6, 6.07) is 0. The molecule has 0 aromatic heterocycles. The van der Waals surface area contributed by atoms with Crippen molar-refractivity contribution in [2.24, 2.45) is 11.7 Å². The monoisotopic (exact) mass is 295 g/mol. The average molecular weight is 295 g/mol. The second kappa shape index (κ2) is 5.57. The minimum absolute atomic E-state index is 0.0363. The van der Waals surface area contributed by atoms with Crippen molar-refractivity contribution in [2.45, 2.75) is 44.2 Å². The van der Waals surface area contributed by atoms with Gasteiger partial charge in [-0.2, -0.15) is 0 Å². The first-order chi connectivity index (χ1) is 10.00. The smallest absolute Gasteiger partial charge is 0.251 e. The van der Waals surface area contributed by atoms with Gasteiger partial charge in [-0.1, -0.05) is 0 Å². The average Bonchev–Trinajstić information content (AvgIpc) is 3.22. The highest BCUT2D eigenvalue weighted by molar-refractivity contribution is 5.87. The molecule has 0 bridgehead atoms. The van der Waals surface area contributed by atoms with Crippen molar-refractivity contribution in [1.82, 2.24) is 9.80 Å². The lowest BCUT2D eigenvalue weighted by molar-refractivity contribution is -0.147. The molecule has 21 heavy (non-hydrogen) atoms. The van der Waals surface area contributed by atoms with Crippen LogP contribution in [0.3, 0.4) is 0 Å². The Morgan fingerprint density at radius 1 is 1.10 bits per heavy atom. The number of hydrogen-bond donors (Lipinski definition) is 1. The normalized spacial score (nSPS) is 29.3. The Bertz CT molecular complexity index is 420. The molecule has 2 aliphatic heterocycles. The van der Waals surface area contributed by atoms with Gasteiger partial charge < -0.3 is 20.3 Å². The Balaban J connectivity index is 1.52. The summed E-state index contributed by atoms with van der Waals surface area (Å²) in [7, 11) is 0. The SMILES string of the molecule is CC(N)(C(=O)N1CCN(C(=O)C2CCCO2)CC1)C1CC1. The van der Waals surface area contributed by atoms with Crippen molar-refractivity contribution < 1.29 is 14.3 Å². The number of amides is 2. The van der Waals surface area contributed by atoms with Crippen molar-refractivity contribution in [1.29, 1.82) is 0 Å². The van der Waals surface area contributed by atoms with Gasteiger partial charge in [0.2, 0.25) is 5.91 Å². The van der Waals surface area contributed by atoms with Crippen LogP contribution in [0.1, 0.15) is 32.6 Å². The van der Waals surface area contributed by atoms with E-state index in [1.807, 2.05) is 16.7 Å². The molecule has 2 atom stereocenters. The van der Waals surface area contributed by atoms with Crippen LogP contribution < -0.4 is 5.73 Å². The van der Waals surface area contributed by atoms with E-state index in [1.54, 1.807) is 0 Å². The number of rotatable bonds is 3. The van der Waals surface area contributed by atoms with E-state index in [4.69, 9.17) is 10.5 Å². The molecule has 0 radical (unpaired) electrons. The van der Waals surface area contributed by atoms with Gasteiger partial charge in [0.1, 0.15) is 6.10 Å². The number of carbonyl (C=O) groups excluding carboxylic acids is 2. The molecular formula is C15H25N3O3. The van der Waals surface area contributed by atoms with Crippen molar-refractivity contribution in [3.05, 3.63) is 0 Å². The van der Waals surface area contributed by atoms with Gasteiger partial charge in [-0.3, -0.25) is 9.59 Å². The number of ether oxygens (including phenoxy) is 1. The van der Waals surface area contributed by atoms with Gasteiger partial charge in [0, 0.05) is 32.8 Å². The third-order valence-corrected chi connectivity index (χ3v) is 4.97. The molecule has 2 N–H and O–H groups in total. The third kappa shape index (κ3) is 2.92. The Morgan fingerprint density at radius 3 is 2.24 bits per heavy atom. The van der Waals surface area contributed by atoms with Gasteiger partial charge in [-0.15, -0.1) is 0 Å². The Kier molecular flexibility index (Phi) is 3.92. The van der Waals surface area contributed by atoms with Crippen molar-refractivity contribution in [3.63, 3.8) is 0 Å². The minimum atomic E-state index is -0.735. The van der Waals surface area contributed by atoms with E-state index < -0.39 is 5.54 Å². The van der Waals surface area contributed by atoms with Gasteiger partial charge >= 0.3 is 0 Å². The molecule has 1 aliphatic carbocycles. The highest BCUT2D eigenvalue weighted by Gasteiger charge is 2.46. The summed E-state index contributed by atoms with van der Waals surface area (Å²) in [5.74, 6) is 0.447. The molecule has 2 amide bonds. The maximum absolute atomic E-state index is 12.5. The molecule has 1 saturated carbocycles. The molecule has 0 aromatic carbocycles. The van der Waals surface area contributed by atoms with E-state index >= 15 is 0 Å². The molecule has 0 spiro atoms. The van der Waals surface area contributed by atoms with Crippen LogP contribution in [0, 0.1) is 5.92 Å². The zero-order chi connectivity index (χ0) is 15.0. The highest BCUT2D eigenvalue weighted by Crippen LogP contribution is 2.39. The maximum Gasteiger partial charge on any atom is 0.251 e. The van der Waals surface area contributed by atoms with Crippen LogP contribution in [0.5, 0.6) is 0 Å². The summed E-state index contributed by atoms with van der Waals surface area (Å²) in [6.07, 6.45) is 3.62. The summed E-state index contributed by atoms with van der Waals surface area (Å²) in [4.78, 5) is 28.4. The first-order valence-electron chi connectivity index (χ1n) is 7.99. The number of nitrogens with zero attached hydrogens (tertiary/aromatic N) is 2. The number of carbonyl (C=O) groups is 2. The number of nitrogens with two attached hydrogens (primary N) is 1. The first kappa shape index (κ1) is 14.8. The fourth-order valence-electron chi connectivity index (χ4n) is 3.30. The molecule has 3 rings (SSSR count). The molecule has 6 nitrogen and oxygen atoms in total. The van der Waals surface area contributed by atoms with Crippen LogP contribution >= 0.6 is 0 Å². The van der Waals surface area contributed by atoms with Crippen LogP contribution in [-0.4, -0.2) is 66.0 Å². The van der Waals surface area contributed by atoms with Gasteiger partial charge in [-0.25, -0.2) is 0 Å². The zero-order valence-electron chi connectivity index (χ0n) is 12.7. The zero-order valence-corrected chi connectivity index (χ0v) is 12.7. The predicted molar refractivity (Wildman–Crippen MR) is 77.5 cm³/mol. The summed E-state index contributed by atoms with van der Waals surface area (Å²) >= 11 is 0. The van der Waals surface area contributed by atoms with E-state index in [9.17, 15) is 9.59 Å². The van der Waals surface area contributed by atoms with Crippen LogP contribution in [0.15, 0.2) is 0 Å². The molecule has 2 saturated heterocycles. The number of piperazine rings is 1. The largest absolute Gasteiger partial charge is 0.368 e. The fraction of sp³-hybridized carbons (Fsp3) is 0.867. The summed E-state index contributed by atoms with van der Waals surface area (Å²) < 4.78 is 5.44. The first-order valence-corrected chi connectivity index (χ1v) is 7.99. The lowest BCUT2D eigenvalue weighted by Crippen LogP contribution is -2.60. The van der Waals surface area contributed by atoms with E-state index in [1.165, 1.54) is 0 Å². The second-order valence-corrected chi connectivity index (χ2v) is 6.68. The highest BCUT2D eigenvalue weighted by atomic mass is 16.5. The lowest BCUT2D eigenvalue weighted by Gasteiger charge is -2.39. The summed E-state index contributed by atoms with van der Waals surface area (Å²) in [6.45, 7) is 4.86. The molecule has 3 fully saturated rings. The molecule has 2 unspecified atom stereocenters. The standard InChI is InChI=1S/C15H25N3O3/c1-15(16,11-4-5-11)14(20)18-8-6-17(7-9-18)13(19)12-3-2-10-21-12/h11-12H,2-10,16H2,1H3. The third-order valence-electron chi connectivity index (χ3n) is 4.97. The quantitative estimate of drug-likeness (QED) is 0.793. The van der Waals surface area contributed by atoms with Crippen LogP contribution in [0.4, 0.5) is 0 Å². The lowest BCUT2D eigenvalue weighted by atomic mass is 9.95. The molecule has 118 valence electrons. The Labute approximate surface area is 125 Å². The summed E-state index contributed by atoms with van der Waals surface area (Å²) in [5, 5.41) is 0. The summed E-state index contributed by atoms with van der Waals surface area (Å²) in [5.41, 5.74) is 5.46. The van der Waals surface area contributed by atoms with Gasteiger partial charge in [0.15, 0.2) is 0 Å². The fourth-order valence-corrected chi connectivity index (χ4v) is 3.30. The maximum atomic E-state index is 12.5. The molecule has 2 heterocycles. The molecule has 3 aliphatic rings. The van der Waals surface area contributed by atoms with E-state index in [0.717, 1.165) is 25.7 Å². The van der Waals surface area contributed by atoms with Crippen molar-refractivity contribution in [2.75, 3.05) is 32.8 Å². The topological polar surface area (TPSA) is 75.9 Å². The van der Waals surface area contributed by atoms with Gasteiger partial charge in [0.25, 0.3) is 5.91 Å². The van der Waals surface area contributed by atoms with Crippen molar-refractivity contribution >= 4 is 11.8 Å². The predicted octanol–water partition coefficient (Wildman–Crippen LogP) is -0.0364. The van der Waals surface area contributed by atoms with Crippen LogP contribution in [0.2, 0.25) is 0 Å². The Morgan fingerprint density at radius 2 is 1.71 bits per heavy atom. The van der Waals surface area contributed by atoms with Gasteiger partial charge in [0.05, 0.1) is 5.54 Å².